The lowest BCUT2D eigenvalue weighted by molar-refractivity contribution is 1.36. The quantitative estimate of drug-likeness (QED) is 0.621. The molecule has 0 aliphatic rings. The van der Waals surface area contributed by atoms with Crippen LogP contribution in [-0.2, 0) is 0 Å². The minimum absolute atomic E-state index is 0.959. The maximum atomic E-state index is 2.71. The molecule has 0 saturated heterocycles. The lowest BCUT2D eigenvalue weighted by Crippen LogP contribution is -2.66. The second kappa shape index (κ2) is 4.52. The van der Waals surface area contributed by atoms with Crippen LogP contribution in [0.3, 0.4) is 0 Å². The Labute approximate surface area is 108 Å². The first-order valence-electron chi connectivity index (χ1n) is 6.62. The highest BCUT2D eigenvalue weighted by Gasteiger charge is 2.53. The molecule has 0 aliphatic carbocycles. The number of rotatable bonds is 4. The number of hydrogen-bond acceptors (Lipinski definition) is 0. The molecule has 0 aliphatic heterocycles. The summed E-state index contributed by atoms with van der Waals surface area (Å²) in [6, 6.07) is 0. The van der Waals surface area contributed by atoms with Crippen molar-refractivity contribution in [3.63, 3.8) is 0 Å². The Morgan fingerprint density at radius 1 is 0.500 bits per heavy atom. The van der Waals surface area contributed by atoms with Gasteiger partial charge in [-0.1, -0.05) is 76.8 Å². The van der Waals surface area contributed by atoms with Crippen LogP contribution in [0, 0.1) is 0 Å². The van der Waals surface area contributed by atoms with Crippen molar-refractivity contribution in [1.29, 1.82) is 0 Å². The standard InChI is InChI=1S/C12H34Si4/c1-13(2,3)12(14(4,5)6)16(10,11)15(7,8)9/h12H,1-11H3. The Morgan fingerprint density at radius 2 is 0.750 bits per heavy atom. The van der Waals surface area contributed by atoms with Crippen LogP contribution in [0.1, 0.15) is 0 Å². The number of hydrogen-bond donors (Lipinski definition) is 0. The first-order valence-corrected chi connectivity index (χ1v) is 21.3. The van der Waals surface area contributed by atoms with Crippen molar-refractivity contribution >= 4 is 31.3 Å². The maximum Gasteiger partial charge on any atom is 0.0419 e. The summed E-state index contributed by atoms with van der Waals surface area (Å²) in [6.07, 6.45) is 0. The molecule has 16 heavy (non-hydrogen) atoms. The van der Waals surface area contributed by atoms with Crippen LogP contribution in [0.5, 0.6) is 0 Å². The van der Waals surface area contributed by atoms with Crippen LogP contribution in [0.2, 0.25) is 76.8 Å². The van der Waals surface area contributed by atoms with Crippen molar-refractivity contribution in [3.05, 3.63) is 0 Å². The van der Waals surface area contributed by atoms with E-state index >= 15 is 0 Å². The van der Waals surface area contributed by atoms with Crippen LogP contribution in [0.25, 0.3) is 0 Å². The summed E-state index contributed by atoms with van der Waals surface area (Å²) in [4.78, 5) is 1.17. The zero-order valence-electron chi connectivity index (χ0n) is 13.6. The van der Waals surface area contributed by atoms with E-state index in [0.717, 1.165) is 0 Å². The van der Waals surface area contributed by atoms with Crippen molar-refractivity contribution in [2.75, 3.05) is 0 Å². The highest BCUT2D eigenvalue weighted by Crippen LogP contribution is 2.43. The molecule has 0 aromatic rings. The first-order chi connectivity index (χ1) is 6.62. The predicted octanol–water partition coefficient (Wildman–Crippen LogP) is 5.24. The molecule has 0 radical (unpaired) electrons. The normalized spacial score (nSPS) is 15.8. The van der Waals surface area contributed by atoms with Gasteiger partial charge < -0.3 is 0 Å². The fourth-order valence-corrected chi connectivity index (χ4v) is 50.7. The summed E-state index contributed by atoms with van der Waals surface area (Å²) in [5, 5.41) is 0. The van der Waals surface area contributed by atoms with Gasteiger partial charge in [-0.05, 0) is 0 Å². The lowest BCUT2D eigenvalue weighted by atomic mass is 11.7. The van der Waals surface area contributed by atoms with E-state index < -0.39 is 31.3 Å². The summed E-state index contributed by atoms with van der Waals surface area (Å²) >= 11 is 0. The molecule has 0 aromatic carbocycles. The molecule has 0 unspecified atom stereocenters. The molecule has 0 fully saturated rings. The first kappa shape index (κ1) is 16.9. The molecule has 4 heteroatoms. The Bertz CT molecular complexity index is 223. The zero-order chi connectivity index (χ0) is 13.6. The average Bonchev–Trinajstić information content (AvgIpc) is 1.72. The molecule has 0 spiro atoms. The smallest absolute Gasteiger partial charge is 0.0419 e. The fourth-order valence-electron chi connectivity index (χ4n) is 3.90. The molecule has 0 rings (SSSR count). The Hall–Kier alpha value is 0.868. The highest BCUT2D eigenvalue weighted by atomic mass is 29.3. The summed E-state index contributed by atoms with van der Waals surface area (Å²) in [5.74, 6) is 0. The van der Waals surface area contributed by atoms with E-state index in [2.05, 4.69) is 72.0 Å². The van der Waals surface area contributed by atoms with Crippen molar-refractivity contribution in [2.24, 2.45) is 0 Å². The van der Waals surface area contributed by atoms with Gasteiger partial charge in [-0.25, -0.2) is 0 Å². The minimum atomic E-state index is -1.04. The van der Waals surface area contributed by atoms with Gasteiger partial charge >= 0.3 is 0 Å². The SMILES string of the molecule is C[Si](C)(C)C([Si](C)(C)C)[Si](C)(C)[Si](C)(C)C. The van der Waals surface area contributed by atoms with Gasteiger partial charge in [0.15, 0.2) is 0 Å². The molecule has 0 heterocycles. The summed E-state index contributed by atoms with van der Waals surface area (Å²) in [6.45, 7) is 29.0. The second-order valence-electron chi connectivity index (χ2n) is 9.14. The van der Waals surface area contributed by atoms with Crippen LogP contribution in [0.4, 0.5) is 0 Å². The Morgan fingerprint density at radius 3 is 0.812 bits per heavy atom. The van der Waals surface area contributed by atoms with Gasteiger partial charge in [0, 0.05) is 31.3 Å². The van der Waals surface area contributed by atoms with Gasteiger partial charge in [0.1, 0.15) is 0 Å². The van der Waals surface area contributed by atoms with Gasteiger partial charge in [0.2, 0.25) is 0 Å². The average molecular weight is 291 g/mol. The molecule has 98 valence electrons. The molecule has 0 aromatic heterocycles. The van der Waals surface area contributed by atoms with E-state index in [1.165, 1.54) is 4.79 Å². The van der Waals surface area contributed by atoms with Gasteiger partial charge in [0.25, 0.3) is 0 Å². The Kier molecular flexibility index (Phi) is 4.76. The topological polar surface area (TPSA) is 0 Å². The second-order valence-corrected chi connectivity index (χ2v) is 38.4. The van der Waals surface area contributed by atoms with Crippen LogP contribution >= 0.6 is 0 Å². The third-order valence-electron chi connectivity index (χ3n) is 4.39. The van der Waals surface area contributed by atoms with Gasteiger partial charge in [-0.2, -0.15) is 0 Å². The van der Waals surface area contributed by atoms with Crippen molar-refractivity contribution in [2.45, 2.75) is 76.8 Å². The van der Waals surface area contributed by atoms with E-state index in [-0.39, 0.29) is 0 Å². The third kappa shape index (κ3) is 3.68. The highest BCUT2D eigenvalue weighted by molar-refractivity contribution is 7.46. The molecular weight excluding hydrogens is 256 g/mol. The van der Waals surface area contributed by atoms with Gasteiger partial charge in [-0.3, -0.25) is 0 Å². The maximum absolute atomic E-state index is 2.71. The lowest BCUT2D eigenvalue weighted by Gasteiger charge is -2.53. The largest absolute Gasteiger partial charge is 0.0715 e. The van der Waals surface area contributed by atoms with Crippen molar-refractivity contribution in [3.8, 4) is 0 Å². The Balaban J connectivity index is 5.57. The summed E-state index contributed by atoms with van der Waals surface area (Å²) in [5.41, 5.74) is 0. The molecule has 0 N–H and O–H groups in total. The van der Waals surface area contributed by atoms with E-state index in [9.17, 15) is 0 Å². The zero-order valence-corrected chi connectivity index (χ0v) is 17.6. The minimum Gasteiger partial charge on any atom is -0.0715 e. The molecule has 0 amide bonds. The molecule has 0 saturated carbocycles. The summed E-state index contributed by atoms with van der Waals surface area (Å²) in [7, 11) is -4.02. The van der Waals surface area contributed by atoms with Crippen LogP contribution in [-0.4, -0.2) is 31.3 Å². The molecule has 0 nitrogen and oxygen atoms in total. The molecule has 0 atom stereocenters. The van der Waals surface area contributed by atoms with Crippen molar-refractivity contribution < 1.29 is 0 Å². The third-order valence-corrected chi connectivity index (χ3v) is 42.1. The molecule has 0 bridgehead atoms. The van der Waals surface area contributed by atoms with Crippen LogP contribution in [0.15, 0.2) is 0 Å². The van der Waals surface area contributed by atoms with E-state index in [1.807, 2.05) is 0 Å². The summed E-state index contributed by atoms with van der Waals surface area (Å²) < 4.78 is 0. The van der Waals surface area contributed by atoms with Crippen molar-refractivity contribution in [1.82, 2.24) is 0 Å². The van der Waals surface area contributed by atoms with E-state index in [4.69, 9.17) is 0 Å². The predicted molar refractivity (Wildman–Crippen MR) is 91.3 cm³/mol. The monoisotopic (exact) mass is 290 g/mol. The van der Waals surface area contributed by atoms with E-state index in [0.29, 0.717) is 0 Å². The van der Waals surface area contributed by atoms with E-state index in [1.54, 1.807) is 0 Å². The van der Waals surface area contributed by atoms with Gasteiger partial charge in [-0.15, -0.1) is 0 Å². The van der Waals surface area contributed by atoms with Gasteiger partial charge in [0.05, 0.1) is 0 Å². The molecular formula is C12H34Si4. The van der Waals surface area contributed by atoms with Crippen LogP contribution < -0.4 is 0 Å². The fraction of sp³-hybridized carbons (Fsp3) is 1.00.